The highest BCUT2D eigenvalue weighted by molar-refractivity contribution is 7.47. The van der Waals surface area contributed by atoms with Crippen LogP contribution in [-0.2, 0) is 27.8 Å². The number of phosphoric ester groups is 2. The van der Waals surface area contributed by atoms with Gasteiger partial charge in [-0.15, -0.1) is 0 Å². The van der Waals surface area contributed by atoms with Crippen molar-refractivity contribution in [2.24, 2.45) is 5.92 Å². The van der Waals surface area contributed by atoms with Crippen LogP contribution in [0, 0.1) is 5.92 Å². The van der Waals surface area contributed by atoms with Gasteiger partial charge in [0.15, 0.2) is 0 Å². The number of phosphoric acid groups is 2. The zero-order valence-electron chi connectivity index (χ0n) is 11.5. The van der Waals surface area contributed by atoms with E-state index in [1.54, 1.807) is 0 Å². The molecule has 0 bridgehead atoms. The van der Waals surface area contributed by atoms with Gasteiger partial charge in [-0.3, -0.25) is 9.59 Å². The third kappa shape index (κ3) is 4.34. The van der Waals surface area contributed by atoms with Gasteiger partial charge in [0.1, 0.15) is 5.92 Å². The molecule has 14 heteroatoms. The average molecular weight is 362 g/mol. The summed E-state index contributed by atoms with van der Waals surface area (Å²) in [5.74, 6) is -7.15. The maximum Gasteiger partial charge on any atom is 0.472 e. The normalized spacial score (nSPS) is 22.7. The molecule has 1 saturated heterocycles. The molecule has 1 heterocycles. The number of carbonyl (C=O) groups excluding carboxylic acids is 2. The van der Waals surface area contributed by atoms with E-state index >= 15 is 0 Å². The molecule has 1 rings (SSSR count). The summed E-state index contributed by atoms with van der Waals surface area (Å²) < 4.78 is 30.7. The Labute approximate surface area is 124 Å². The SMILES string of the molecule is CCNC(=O)C(OP(=O)(O)O)(OP(=O)(O)O)C1C(=O)NC1C. The lowest BCUT2D eigenvalue weighted by Crippen LogP contribution is -2.70. The molecule has 2 amide bonds. The Morgan fingerprint density at radius 1 is 1.27 bits per heavy atom. The zero-order chi connectivity index (χ0) is 17.3. The average Bonchev–Trinajstić information content (AvgIpc) is 2.23. The standard InChI is InChI=1S/C8H16N2O10P2/c1-3-9-7(12)8(19-21(13,14)15,20-22(16,17)18)5-4(2)10-6(5)11/h4-5H,3H2,1-2H3,(H,9,12)(H,10,11)(H2,13,14,15)(H2,16,17,18). The van der Waals surface area contributed by atoms with Crippen molar-refractivity contribution in [3.63, 3.8) is 0 Å². The fourth-order valence-electron chi connectivity index (χ4n) is 2.02. The van der Waals surface area contributed by atoms with Crippen molar-refractivity contribution in [3.05, 3.63) is 0 Å². The predicted molar refractivity (Wildman–Crippen MR) is 68.8 cm³/mol. The van der Waals surface area contributed by atoms with Crippen molar-refractivity contribution in [2.45, 2.75) is 25.7 Å². The third-order valence-corrected chi connectivity index (χ3v) is 3.74. The van der Waals surface area contributed by atoms with Crippen LogP contribution in [0.25, 0.3) is 0 Å². The van der Waals surface area contributed by atoms with E-state index < -0.39 is 45.2 Å². The molecule has 2 unspecified atom stereocenters. The summed E-state index contributed by atoms with van der Waals surface area (Å²) in [4.78, 5) is 59.5. The molecule has 1 fully saturated rings. The Kier molecular flexibility index (Phi) is 5.54. The van der Waals surface area contributed by atoms with Crippen molar-refractivity contribution in [2.75, 3.05) is 6.54 Å². The van der Waals surface area contributed by atoms with Crippen molar-refractivity contribution in [1.29, 1.82) is 0 Å². The number of hydrogen-bond donors (Lipinski definition) is 6. The minimum absolute atomic E-state index is 0.0711. The molecule has 0 aromatic heterocycles. The summed E-state index contributed by atoms with van der Waals surface area (Å²) in [5.41, 5.74) is 0. The third-order valence-electron chi connectivity index (χ3n) is 2.72. The molecular formula is C8H16N2O10P2. The number of hydrogen-bond acceptors (Lipinski definition) is 6. The fourth-order valence-corrected chi connectivity index (χ4v) is 3.25. The van der Waals surface area contributed by atoms with Crippen molar-refractivity contribution < 1.29 is 47.3 Å². The first-order chi connectivity index (χ1) is 9.82. The van der Waals surface area contributed by atoms with E-state index in [0.29, 0.717) is 0 Å². The van der Waals surface area contributed by atoms with Gasteiger partial charge in [-0.2, -0.15) is 0 Å². The van der Waals surface area contributed by atoms with Gasteiger partial charge in [-0.1, -0.05) is 0 Å². The van der Waals surface area contributed by atoms with E-state index in [2.05, 4.69) is 19.7 Å². The number of rotatable bonds is 7. The molecule has 12 nitrogen and oxygen atoms in total. The van der Waals surface area contributed by atoms with Gasteiger partial charge >= 0.3 is 15.6 Å². The van der Waals surface area contributed by atoms with Crippen LogP contribution in [0.4, 0.5) is 0 Å². The van der Waals surface area contributed by atoms with Crippen molar-refractivity contribution >= 4 is 27.5 Å². The molecule has 0 spiro atoms. The molecule has 0 aromatic carbocycles. The van der Waals surface area contributed by atoms with E-state index in [0.717, 1.165) is 0 Å². The Morgan fingerprint density at radius 3 is 2.00 bits per heavy atom. The van der Waals surface area contributed by atoms with Gasteiger partial charge < -0.3 is 30.2 Å². The lowest BCUT2D eigenvalue weighted by Gasteiger charge is -2.45. The highest BCUT2D eigenvalue weighted by Gasteiger charge is 2.64. The minimum Gasteiger partial charge on any atom is -0.352 e. The molecule has 0 saturated carbocycles. The number of β-lactam (4-membered cyclic amide) rings is 1. The van der Waals surface area contributed by atoms with Gasteiger partial charge in [-0.25, -0.2) is 18.2 Å². The smallest absolute Gasteiger partial charge is 0.352 e. The molecule has 1 aliphatic rings. The van der Waals surface area contributed by atoms with E-state index in [1.807, 2.05) is 0 Å². The first-order valence-corrected chi connectivity index (χ1v) is 8.99. The van der Waals surface area contributed by atoms with Crippen molar-refractivity contribution in [1.82, 2.24) is 10.6 Å². The van der Waals surface area contributed by atoms with Crippen LogP contribution >= 0.6 is 15.6 Å². The molecular weight excluding hydrogens is 346 g/mol. The number of carbonyl (C=O) groups is 2. The Bertz CT molecular complexity index is 529. The summed E-state index contributed by atoms with van der Waals surface area (Å²) >= 11 is 0. The quantitative estimate of drug-likeness (QED) is 0.170. The summed E-state index contributed by atoms with van der Waals surface area (Å²) in [6.45, 7) is 2.70. The second-order valence-corrected chi connectivity index (χ2v) is 6.79. The summed E-state index contributed by atoms with van der Waals surface area (Å²) in [6.07, 6.45) is 0. The van der Waals surface area contributed by atoms with Crippen LogP contribution in [-0.4, -0.2) is 49.8 Å². The Hall–Kier alpha value is -0.840. The minimum atomic E-state index is -5.45. The lowest BCUT2D eigenvalue weighted by molar-refractivity contribution is -0.206. The predicted octanol–water partition coefficient (Wildman–Crippen LogP) is -1.83. The maximum absolute atomic E-state index is 12.1. The van der Waals surface area contributed by atoms with Crippen LogP contribution < -0.4 is 10.6 Å². The molecule has 6 N–H and O–H groups in total. The molecule has 0 aliphatic carbocycles. The monoisotopic (exact) mass is 362 g/mol. The van der Waals surface area contributed by atoms with Crippen LogP contribution in [0.2, 0.25) is 0 Å². The molecule has 2 atom stereocenters. The highest BCUT2D eigenvalue weighted by Crippen LogP contribution is 2.53. The molecule has 22 heavy (non-hydrogen) atoms. The van der Waals surface area contributed by atoms with E-state index in [9.17, 15) is 18.7 Å². The number of likely N-dealkylation sites (N-methyl/N-ethyl adjacent to an activating group) is 1. The van der Waals surface area contributed by atoms with Crippen LogP contribution in [0.5, 0.6) is 0 Å². The number of nitrogens with one attached hydrogen (secondary N) is 2. The van der Waals surface area contributed by atoms with Gasteiger partial charge in [0, 0.05) is 12.6 Å². The van der Waals surface area contributed by atoms with Crippen LogP contribution in [0.3, 0.4) is 0 Å². The van der Waals surface area contributed by atoms with Gasteiger partial charge in [0.25, 0.3) is 11.7 Å². The molecule has 0 radical (unpaired) electrons. The van der Waals surface area contributed by atoms with Crippen molar-refractivity contribution in [3.8, 4) is 0 Å². The Balaban J connectivity index is 3.41. The maximum atomic E-state index is 12.1. The van der Waals surface area contributed by atoms with E-state index in [4.69, 9.17) is 19.6 Å². The molecule has 1 aliphatic heterocycles. The lowest BCUT2D eigenvalue weighted by atomic mass is 9.83. The van der Waals surface area contributed by atoms with Gasteiger partial charge in [-0.05, 0) is 13.8 Å². The van der Waals surface area contributed by atoms with Gasteiger partial charge in [0.05, 0.1) is 0 Å². The van der Waals surface area contributed by atoms with Crippen LogP contribution in [0.15, 0.2) is 0 Å². The molecule has 0 aromatic rings. The van der Waals surface area contributed by atoms with E-state index in [-0.39, 0.29) is 6.54 Å². The summed E-state index contributed by atoms with van der Waals surface area (Å²) in [5, 5.41) is 4.31. The first-order valence-electron chi connectivity index (χ1n) is 5.93. The highest BCUT2D eigenvalue weighted by atomic mass is 31.2. The van der Waals surface area contributed by atoms with Gasteiger partial charge in [0.2, 0.25) is 5.91 Å². The molecule has 128 valence electrons. The summed E-state index contributed by atoms with van der Waals surface area (Å²) in [7, 11) is -10.9. The first kappa shape index (κ1) is 19.2. The topological polar surface area (TPSA) is 192 Å². The summed E-state index contributed by atoms with van der Waals surface area (Å²) in [6, 6.07) is -0.881. The second kappa shape index (κ2) is 6.34. The zero-order valence-corrected chi connectivity index (χ0v) is 13.3. The van der Waals surface area contributed by atoms with Crippen LogP contribution in [0.1, 0.15) is 13.8 Å². The van der Waals surface area contributed by atoms with E-state index in [1.165, 1.54) is 13.8 Å². The fraction of sp³-hybridized carbons (Fsp3) is 0.750. The largest absolute Gasteiger partial charge is 0.472 e. The Morgan fingerprint density at radius 2 is 1.73 bits per heavy atom. The number of amides is 2. The second-order valence-electron chi connectivity index (χ2n) is 4.47.